The van der Waals surface area contributed by atoms with E-state index in [1.54, 1.807) is 23.4 Å². The number of urea groups is 1. The van der Waals surface area contributed by atoms with E-state index in [0.717, 1.165) is 25.7 Å². The second-order valence-corrected chi connectivity index (χ2v) is 8.96. The predicted octanol–water partition coefficient (Wildman–Crippen LogP) is 1.74. The molecule has 0 unspecified atom stereocenters. The van der Waals surface area contributed by atoms with Crippen LogP contribution < -0.4 is 10.2 Å². The topological polar surface area (TPSA) is 81.7 Å². The average Bonchev–Trinajstić information content (AvgIpc) is 3.32. The number of hydrogen-bond donors (Lipinski definition) is 1. The lowest BCUT2D eigenvalue weighted by molar-refractivity contribution is -0.141. The highest BCUT2D eigenvalue weighted by molar-refractivity contribution is 5.84. The molecule has 1 aromatic rings. The third-order valence-electron chi connectivity index (χ3n) is 6.82. The molecule has 0 radical (unpaired) electrons. The first-order chi connectivity index (χ1) is 14.0. The highest BCUT2D eigenvalue weighted by Crippen LogP contribution is 2.44. The van der Waals surface area contributed by atoms with Gasteiger partial charge in [-0.15, -0.1) is 0 Å². The minimum atomic E-state index is -0.495. The summed E-state index contributed by atoms with van der Waals surface area (Å²) in [6.07, 6.45) is 9.62. The van der Waals surface area contributed by atoms with Crippen molar-refractivity contribution in [3.05, 3.63) is 18.5 Å². The smallest absolute Gasteiger partial charge is 0.317 e. The predicted molar refractivity (Wildman–Crippen MR) is 110 cm³/mol. The Kier molecular flexibility index (Phi) is 5.61. The van der Waals surface area contributed by atoms with Gasteiger partial charge in [0.1, 0.15) is 0 Å². The zero-order valence-corrected chi connectivity index (χ0v) is 17.5. The molecule has 0 spiro atoms. The summed E-state index contributed by atoms with van der Waals surface area (Å²) >= 11 is 0. The SMILES string of the molecule is CN(C)C(=O)[C@]12CCCN(C(=O)NC3CCCC3)C[C@H]1CN(c1ncccn1)C2. The van der Waals surface area contributed by atoms with Crippen molar-refractivity contribution in [3.8, 4) is 0 Å². The Balaban J connectivity index is 1.55. The van der Waals surface area contributed by atoms with Gasteiger partial charge in [0.05, 0.1) is 5.41 Å². The molecular weight excluding hydrogens is 368 g/mol. The highest BCUT2D eigenvalue weighted by Gasteiger charge is 2.54. The van der Waals surface area contributed by atoms with Crippen molar-refractivity contribution in [1.82, 2.24) is 25.1 Å². The summed E-state index contributed by atoms with van der Waals surface area (Å²) in [7, 11) is 3.65. The lowest BCUT2D eigenvalue weighted by Crippen LogP contribution is -2.49. The first-order valence-electron chi connectivity index (χ1n) is 10.8. The molecule has 158 valence electrons. The summed E-state index contributed by atoms with van der Waals surface area (Å²) in [6.45, 7) is 2.61. The van der Waals surface area contributed by atoms with E-state index < -0.39 is 5.41 Å². The Morgan fingerprint density at radius 2 is 1.86 bits per heavy atom. The summed E-state index contributed by atoms with van der Waals surface area (Å²) in [4.78, 5) is 40.8. The molecule has 8 nitrogen and oxygen atoms in total. The van der Waals surface area contributed by atoms with Gasteiger partial charge in [0.25, 0.3) is 0 Å². The van der Waals surface area contributed by atoms with E-state index in [1.165, 1.54) is 12.8 Å². The summed E-state index contributed by atoms with van der Waals surface area (Å²) in [5, 5.41) is 3.22. The second-order valence-electron chi connectivity index (χ2n) is 8.96. The van der Waals surface area contributed by atoms with Crippen LogP contribution in [0.1, 0.15) is 38.5 Å². The zero-order chi connectivity index (χ0) is 20.4. The number of fused-ring (bicyclic) bond motifs is 1. The first kappa shape index (κ1) is 19.9. The van der Waals surface area contributed by atoms with Crippen LogP contribution >= 0.6 is 0 Å². The monoisotopic (exact) mass is 400 g/mol. The lowest BCUT2D eigenvalue weighted by atomic mass is 9.74. The Hall–Kier alpha value is -2.38. The molecule has 1 saturated carbocycles. The van der Waals surface area contributed by atoms with Gasteiger partial charge < -0.3 is 20.0 Å². The molecule has 0 bridgehead atoms. The number of aromatic nitrogens is 2. The van der Waals surface area contributed by atoms with Crippen molar-refractivity contribution >= 4 is 17.9 Å². The van der Waals surface area contributed by atoms with E-state index in [0.29, 0.717) is 38.2 Å². The number of nitrogens with zero attached hydrogens (tertiary/aromatic N) is 5. The molecule has 29 heavy (non-hydrogen) atoms. The average molecular weight is 401 g/mol. The van der Waals surface area contributed by atoms with Gasteiger partial charge in [-0.25, -0.2) is 14.8 Å². The van der Waals surface area contributed by atoms with Crippen molar-refractivity contribution in [2.75, 3.05) is 45.2 Å². The van der Waals surface area contributed by atoms with Crippen LogP contribution in [0.5, 0.6) is 0 Å². The van der Waals surface area contributed by atoms with E-state index in [-0.39, 0.29) is 17.9 Å². The van der Waals surface area contributed by atoms with Crippen molar-refractivity contribution < 1.29 is 9.59 Å². The van der Waals surface area contributed by atoms with Crippen molar-refractivity contribution in [2.45, 2.75) is 44.6 Å². The standard InChI is InChI=1S/C21H32N6O2/c1-25(2)18(28)21-9-5-12-26(20(29)24-17-7-3-4-8-17)13-16(21)14-27(15-21)19-22-10-6-11-23-19/h6,10-11,16-17H,3-5,7-9,12-15H2,1-2H3,(H,24,29)/t16-,21-/m0/s1. The molecule has 1 aliphatic carbocycles. The zero-order valence-electron chi connectivity index (χ0n) is 17.5. The molecule has 4 rings (SSSR count). The van der Waals surface area contributed by atoms with Crippen LogP contribution in [0, 0.1) is 11.3 Å². The number of carbonyl (C=O) groups is 2. The largest absolute Gasteiger partial charge is 0.348 e. The number of likely N-dealkylation sites (tertiary alicyclic amines) is 1. The van der Waals surface area contributed by atoms with E-state index in [2.05, 4.69) is 20.2 Å². The van der Waals surface area contributed by atoms with Crippen LogP contribution in [-0.4, -0.2) is 78.0 Å². The number of nitrogens with one attached hydrogen (secondary N) is 1. The van der Waals surface area contributed by atoms with E-state index in [1.807, 2.05) is 19.0 Å². The van der Waals surface area contributed by atoms with Crippen molar-refractivity contribution in [1.29, 1.82) is 0 Å². The fourth-order valence-electron chi connectivity index (χ4n) is 5.36. The maximum absolute atomic E-state index is 13.3. The Bertz CT molecular complexity index is 736. The van der Waals surface area contributed by atoms with Crippen LogP contribution in [0.2, 0.25) is 0 Å². The molecule has 8 heteroatoms. The van der Waals surface area contributed by atoms with Gasteiger partial charge in [-0.05, 0) is 31.7 Å². The fraction of sp³-hybridized carbons (Fsp3) is 0.714. The van der Waals surface area contributed by atoms with Gasteiger partial charge in [0, 0.05) is 64.6 Å². The Labute approximate surface area is 172 Å². The molecule has 2 aliphatic heterocycles. The normalized spacial score (nSPS) is 27.4. The van der Waals surface area contributed by atoms with Gasteiger partial charge in [0.2, 0.25) is 11.9 Å². The molecule has 3 fully saturated rings. The third kappa shape index (κ3) is 3.89. The van der Waals surface area contributed by atoms with Gasteiger partial charge >= 0.3 is 6.03 Å². The van der Waals surface area contributed by atoms with E-state index >= 15 is 0 Å². The fourth-order valence-corrected chi connectivity index (χ4v) is 5.36. The second kappa shape index (κ2) is 8.16. The summed E-state index contributed by atoms with van der Waals surface area (Å²) in [6, 6.07) is 2.13. The van der Waals surface area contributed by atoms with Gasteiger partial charge in [-0.2, -0.15) is 0 Å². The lowest BCUT2D eigenvalue weighted by Gasteiger charge is -2.34. The van der Waals surface area contributed by atoms with Crippen LogP contribution in [0.4, 0.5) is 10.7 Å². The van der Waals surface area contributed by atoms with Gasteiger partial charge in [-0.3, -0.25) is 4.79 Å². The molecule has 3 heterocycles. The van der Waals surface area contributed by atoms with Gasteiger partial charge in [-0.1, -0.05) is 12.8 Å². The molecule has 3 aliphatic rings. The van der Waals surface area contributed by atoms with Crippen molar-refractivity contribution in [3.63, 3.8) is 0 Å². The first-order valence-corrected chi connectivity index (χ1v) is 10.8. The maximum Gasteiger partial charge on any atom is 0.317 e. The molecule has 0 aromatic carbocycles. The summed E-state index contributed by atoms with van der Waals surface area (Å²) in [5.41, 5.74) is -0.495. The van der Waals surface area contributed by atoms with E-state index in [4.69, 9.17) is 0 Å². The summed E-state index contributed by atoms with van der Waals surface area (Å²) in [5.74, 6) is 0.880. The number of anilines is 1. The number of carbonyl (C=O) groups excluding carboxylic acids is 2. The van der Waals surface area contributed by atoms with Crippen LogP contribution in [-0.2, 0) is 4.79 Å². The number of amides is 3. The van der Waals surface area contributed by atoms with Crippen LogP contribution in [0.3, 0.4) is 0 Å². The quantitative estimate of drug-likeness (QED) is 0.836. The van der Waals surface area contributed by atoms with Crippen LogP contribution in [0.15, 0.2) is 18.5 Å². The highest BCUT2D eigenvalue weighted by atomic mass is 16.2. The molecule has 2 saturated heterocycles. The third-order valence-corrected chi connectivity index (χ3v) is 6.82. The number of hydrogen-bond acceptors (Lipinski definition) is 5. The molecule has 1 N–H and O–H groups in total. The van der Waals surface area contributed by atoms with Crippen molar-refractivity contribution in [2.24, 2.45) is 11.3 Å². The number of rotatable bonds is 3. The summed E-state index contributed by atoms with van der Waals surface area (Å²) < 4.78 is 0. The molecular formula is C21H32N6O2. The molecule has 3 amide bonds. The minimum absolute atomic E-state index is 0.0272. The van der Waals surface area contributed by atoms with Gasteiger partial charge in [0.15, 0.2) is 0 Å². The Morgan fingerprint density at radius 3 is 2.55 bits per heavy atom. The van der Waals surface area contributed by atoms with E-state index in [9.17, 15) is 9.59 Å². The Morgan fingerprint density at radius 1 is 1.14 bits per heavy atom. The molecule has 1 aromatic heterocycles. The van der Waals surface area contributed by atoms with Crippen LogP contribution in [0.25, 0.3) is 0 Å². The molecule has 2 atom stereocenters. The maximum atomic E-state index is 13.3. The minimum Gasteiger partial charge on any atom is -0.348 e.